The maximum atomic E-state index is 5.14. The van der Waals surface area contributed by atoms with E-state index in [0.29, 0.717) is 22.5 Å². The lowest BCUT2D eigenvalue weighted by Gasteiger charge is -2.26. The molecule has 2 rings (SSSR count). The maximum absolute atomic E-state index is 5.14. The van der Waals surface area contributed by atoms with Crippen molar-refractivity contribution in [2.75, 3.05) is 32.3 Å². The van der Waals surface area contributed by atoms with Crippen molar-refractivity contribution in [2.24, 2.45) is 0 Å². The smallest absolute Gasteiger partial charge is 0.229 e. The predicted octanol–water partition coefficient (Wildman–Crippen LogP) is 2.58. The van der Waals surface area contributed by atoms with Crippen molar-refractivity contribution in [3.8, 4) is 11.8 Å². The lowest BCUT2D eigenvalue weighted by Crippen LogP contribution is -2.30. The average Bonchev–Trinajstić information content (AvgIpc) is 2.94. The van der Waals surface area contributed by atoms with Gasteiger partial charge in [0.25, 0.3) is 0 Å². The summed E-state index contributed by atoms with van der Waals surface area (Å²) in [4.78, 5) is 8.59. The van der Waals surface area contributed by atoms with Gasteiger partial charge in [-0.25, -0.2) is 0 Å². The van der Waals surface area contributed by atoms with E-state index in [4.69, 9.17) is 9.47 Å². The number of nitrogens with zero attached hydrogens (tertiary/aromatic N) is 2. The number of methoxy groups -OCH3 is 2. The summed E-state index contributed by atoms with van der Waals surface area (Å²) in [7, 11) is 3.18. The van der Waals surface area contributed by atoms with Crippen LogP contribution in [0.2, 0.25) is 0 Å². The fourth-order valence-electron chi connectivity index (χ4n) is 2.40. The van der Waals surface area contributed by atoms with Gasteiger partial charge in [0, 0.05) is 11.3 Å². The van der Waals surface area contributed by atoms with Crippen LogP contribution in [-0.2, 0) is 0 Å². The van der Waals surface area contributed by atoms with Crippen molar-refractivity contribution in [2.45, 2.75) is 30.4 Å². The molecule has 5 nitrogen and oxygen atoms in total. The molecule has 1 N–H and O–H groups in total. The Bertz CT molecular complexity index is 400. The van der Waals surface area contributed by atoms with Crippen molar-refractivity contribution < 1.29 is 9.47 Å². The van der Waals surface area contributed by atoms with Crippen LogP contribution in [0.15, 0.2) is 6.07 Å². The SMILES string of the molecule is COc1cc(OC)nc(NCC2(SC)CCCC2)n1. The lowest BCUT2D eigenvalue weighted by atomic mass is 10.1. The second-order valence-corrected chi connectivity index (χ2v) is 6.00. The van der Waals surface area contributed by atoms with Crippen LogP contribution in [0.3, 0.4) is 0 Å². The molecule has 1 heterocycles. The molecular weight excluding hydrogens is 262 g/mol. The molecule has 0 bridgehead atoms. The van der Waals surface area contributed by atoms with Crippen LogP contribution < -0.4 is 14.8 Å². The summed E-state index contributed by atoms with van der Waals surface area (Å²) in [6, 6.07) is 1.67. The van der Waals surface area contributed by atoms with E-state index in [2.05, 4.69) is 21.5 Å². The van der Waals surface area contributed by atoms with Gasteiger partial charge >= 0.3 is 0 Å². The highest BCUT2D eigenvalue weighted by Gasteiger charge is 2.32. The number of rotatable bonds is 6. The standard InChI is InChI=1S/C13H21N3O2S/c1-17-10-8-11(18-2)16-12(15-10)14-9-13(19-3)6-4-5-7-13/h8H,4-7,9H2,1-3H3,(H,14,15,16). The second kappa shape index (κ2) is 6.32. The summed E-state index contributed by atoms with van der Waals surface area (Å²) in [5.41, 5.74) is 0. The van der Waals surface area contributed by atoms with E-state index in [9.17, 15) is 0 Å². The maximum Gasteiger partial charge on any atom is 0.229 e. The van der Waals surface area contributed by atoms with Gasteiger partial charge in [0.15, 0.2) is 0 Å². The van der Waals surface area contributed by atoms with Gasteiger partial charge in [-0.2, -0.15) is 21.7 Å². The number of hydrogen-bond acceptors (Lipinski definition) is 6. The molecule has 1 aromatic heterocycles. The molecule has 0 aromatic carbocycles. The molecule has 0 aliphatic heterocycles. The molecule has 0 unspecified atom stereocenters. The van der Waals surface area contributed by atoms with Crippen LogP contribution in [0.5, 0.6) is 11.8 Å². The van der Waals surface area contributed by atoms with Gasteiger partial charge in [-0.05, 0) is 19.1 Å². The molecule has 6 heteroatoms. The topological polar surface area (TPSA) is 56.3 Å². The largest absolute Gasteiger partial charge is 0.481 e. The predicted molar refractivity (Wildman–Crippen MR) is 78.3 cm³/mol. The number of hydrogen-bond donors (Lipinski definition) is 1. The van der Waals surface area contributed by atoms with Crippen LogP contribution in [-0.4, -0.2) is 41.7 Å². The van der Waals surface area contributed by atoms with Gasteiger partial charge in [-0.1, -0.05) is 12.8 Å². The molecule has 0 saturated heterocycles. The molecule has 0 amide bonds. The highest BCUT2D eigenvalue weighted by molar-refractivity contribution is 8.00. The number of anilines is 1. The summed E-state index contributed by atoms with van der Waals surface area (Å²) in [5, 5.41) is 3.32. The van der Waals surface area contributed by atoms with E-state index >= 15 is 0 Å². The molecular formula is C13H21N3O2S. The highest BCUT2D eigenvalue weighted by Crippen LogP contribution is 2.40. The minimum absolute atomic E-state index is 0.319. The van der Waals surface area contributed by atoms with Crippen LogP contribution in [0.1, 0.15) is 25.7 Å². The van der Waals surface area contributed by atoms with E-state index in [-0.39, 0.29) is 0 Å². The van der Waals surface area contributed by atoms with Crippen molar-refractivity contribution in [1.82, 2.24) is 9.97 Å². The quantitative estimate of drug-likeness (QED) is 0.866. The minimum Gasteiger partial charge on any atom is -0.481 e. The molecule has 0 atom stereocenters. The fraction of sp³-hybridized carbons (Fsp3) is 0.692. The van der Waals surface area contributed by atoms with E-state index in [1.165, 1.54) is 25.7 Å². The third-order valence-corrected chi connectivity index (χ3v) is 5.03. The normalized spacial score (nSPS) is 17.2. The molecule has 1 saturated carbocycles. The van der Waals surface area contributed by atoms with Crippen LogP contribution in [0.4, 0.5) is 5.95 Å². The molecule has 1 aromatic rings. The number of aromatic nitrogens is 2. The molecule has 1 aliphatic carbocycles. The first-order valence-corrected chi connectivity index (χ1v) is 7.70. The Morgan fingerprint density at radius 1 is 1.21 bits per heavy atom. The Hall–Kier alpha value is -1.17. The van der Waals surface area contributed by atoms with Crippen LogP contribution >= 0.6 is 11.8 Å². The van der Waals surface area contributed by atoms with Gasteiger partial charge in [0.2, 0.25) is 17.7 Å². The Kier molecular flexibility index (Phi) is 4.74. The molecule has 0 spiro atoms. The van der Waals surface area contributed by atoms with Gasteiger partial charge in [0.05, 0.1) is 20.3 Å². The molecule has 1 aliphatic rings. The molecule has 106 valence electrons. The van der Waals surface area contributed by atoms with Crippen molar-refractivity contribution in [3.05, 3.63) is 6.07 Å². The lowest BCUT2D eigenvalue weighted by molar-refractivity contribution is 0.372. The first-order chi connectivity index (χ1) is 9.21. The van der Waals surface area contributed by atoms with Crippen molar-refractivity contribution >= 4 is 17.7 Å². The summed E-state index contributed by atoms with van der Waals surface area (Å²) in [6.07, 6.45) is 7.31. The summed E-state index contributed by atoms with van der Waals surface area (Å²) in [6.45, 7) is 0.879. The van der Waals surface area contributed by atoms with Gasteiger partial charge < -0.3 is 14.8 Å². The average molecular weight is 283 g/mol. The first-order valence-electron chi connectivity index (χ1n) is 6.47. The molecule has 0 radical (unpaired) electrons. The van der Waals surface area contributed by atoms with Gasteiger partial charge in [-0.15, -0.1) is 0 Å². The second-order valence-electron chi connectivity index (χ2n) is 4.72. The van der Waals surface area contributed by atoms with E-state index < -0.39 is 0 Å². The third kappa shape index (κ3) is 3.43. The van der Waals surface area contributed by atoms with Crippen LogP contribution in [0.25, 0.3) is 0 Å². The Morgan fingerprint density at radius 3 is 2.26 bits per heavy atom. The Labute approximate surface area is 118 Å². The zero-order valence-electron chi connectivity index (χ0n) is 11.7. The monoisotopic (exact) mass is 283 g/mol. The zero-order chi connectivity index (χ0) is 13.7. The summed E-state index contributed by atoms with van der Waals surface area (Å²) >= 11 is 1.94. The minimum atomic E-state index is 0.319. The number of ether oxygens (including phenoxy) is 2. The number of nitrogens with one attached hydrogen (secondary N) is 1. The van der Waals surface area contributed by atoms with Gasteiger partial charge in [0.1, 0.15) is 0 Å². The summed E-state index contributed by atoms with van der Waals surface area (Å²) in [5.74, 6) is 1.59. The third-order valence-electron chi connectivity index (χ3n) is 3.61. The Balaban J connectivity index is 2.06. The Morgan fingerprint density at radius 2 is 1.79 bits per heavy atom. The van der Waals surface area contributed by atoms with Crippen LogP contribution in [0, 0.1) is 0 Å². The van der Waals surface area contributed by atoms with E-state index in [1.54, 1.807) is 20.3 Å². The highest BCUT2D eigenvalue weighted by atomic mass is 32.2. The molecule has 19 heavy (non-hydrogen) atoms. The van der Waals surface area contributed by atoms with E-state index in [1.807, 2.05) is 11.8 Å². The van der Waals surface area contributed by atoms with Crippen molar-refractivity contribution in [3.63, 3.8) is 0 Å². The zero-order valence-corrected chi connectivity index (χ0v) is 12.5. The van der Waals surface area contributed by atoms with Crippen molar-refractivity contribution in [1.29, 1.82) is 0 Å². The first kappa shape index (κ1) is 14.2. The summed E-state index contributed by atoms with van der Waals surface area (Å²) < 4.78 is 10.6. The van der Waals surface area contributed by atoms with E-state index in [0.717, 1.165) is 6.54 Å². The number of thioether (sulfide) groups is 1. The fourth-order valence-corrected chi connectivity index (χ4v) is 3.32. The molecule has 1 fully saturated rings. The van der Waals surface area contributed by atoms with Gasteiger partial charge in [-0.3, -0.25) is 0 Å².